The lowest BCUT2D eigenvalue weighted by Crippen LogP contribution is -2.27. The van der Waals surface area contributed by atoms with Gasteiger partial charge in [0, 0.05) is 12.7 Å². The van der Waals surface area contributed by atoms with Gasteiger partial charge in [0.25, 0.3) is 11.7 Å². The molecule has 4 nitrogen and oxygen atoms in total. The molecule has 1 rings (SSSR count). The third-order valence-electron chi connectivity index (χ3n) is 2.45. The van der Waals surface area contributed by atoms with E-state index in [0.29, 0.717) is 19.4 Å². The summed E-state index contributed by atoms with van der Waals surface area (Å²) < 4.78 is 24.7. The van der Waals surface area contributed by atoms with Crippen LogP contribution in [0.5, 0.6) is 0 Å². The van der Waals surface area contributed by atoms with Gasteiger partial charge in [-0.25, -0.2) is 4.98 Å². The molecule has 0 aliphatic rings. The number of aliphatic hydroxyl groups excluding tert-OH is 1. The molecule has 0 aliphatic heterocycles. The lowest BCUT2D eigenvalue weighted by atomic mass is 10.2. The fourth-order valence-corrected chi connectivity index (χ4v) is 1.97. The SMILES string of the molecule is CCC(O)CCNC(=O)c1cccnc1SC(F)F. The van der Waals surface area contributed by atoms with Crippen molar-refractivity contribution in [2.45, 2.75) is 36.7 Å². The van der Waals surface area contributed by atoms with Crippen molar-refractivity contribution in [2.24, 2.45) is 0 Å². The van der Waals surface area contributed by atoms with Crippen molar-refractivity contribution in [1.29, 1.82) is 0 Å². The fraction of sp³-hybridized carbons (Fsp3) is 0.500. The molecule has 1 heterocycles. The third kappa shape index (κ3) is 5.52. The number of pyridine rings is 1. The van der Waals surface area contributed by atoms with Gasteiger partial charge in [-0.1, -0.05) is 6.92 Å². The Balaban J connectivity index is 2.61. The molecule has 1 aromatic rings. The summed E-state index contributed by atoms with van der Waals surface area (Å²) in [7, 11) is 0. The van der Waals surface area contributed by atoms with E-state index < -0.39 is 17.8 Å². The Labute approximate surface area is 114 Å². The Kier molecular flexibility index (Phi) is 6.72. The summed E-state index contributed by atoms with van der Waals surface area (Å²) >= 11 is 0.243. The van der Waals surface area contributed by atoms with E-state index in [0.717, 1.165) is 0 Å². The number of hydrogen-bond acceptors (Lipinski definition) is 4. The second kappa shape index (κ2) is 8.06. The van der Waals surface area contributed by atoms with Gasteiger partial charge in [0.2, 0.25) is 0 Å². The van der Waals surface area contributed by atoms with E-state index in [2.05, 4.69) is 10.3 Å². The number of amides is 1. The van der Waals surface area contributed by atoms with E-state index in [4.69, 9.17) is 0 Å². The summed E-state index contributed by atoms with van der Waals surface area (Å²) in [5, 5.41) is 11.9. The largest absolute Gasteiger partial charge is 0.393 e. The lowest BCUT2D eigenvalue weighted by molar-refractivity contribution is 0.0938. The molecular formula is C12H16F2N2O2S. The zero-order valence-corrected chi connectivity index (χ0v) is 11.3. The zero-order chi connectivity index (χ0) is 14.3. The summed E-state index contributed by atoms with van der Waals surface area (Å²) in [4.78, 5) is 15.6. The summed E-state index contributed by atoms with van der Waals surface area (Å²) in [5.74, 6) is -3.08. The van der Waals surface area contributed by atoms with Crippen LogP contribution in [0.15, 0.2) is 23.4 Å². The van der Waals surface area contributed by atoms with Crippen molar-refractivity contribution < 1.29 is 18.7 Å². The Hall–Kier alpha value is -1.21. The van der Waals surface area contributed by atoms with Gasteiger partial charge in [-0.2, -0.15) is 8.78 Å². The van der Waals surface area contributed by atoms with Crippen LogP contribution in [-0.4, -0.2) is 34.4 Å². The van der Waals surface area contributed by atoms with Crippen molar-refractivity contribution in [3.05, 3.63) is 23.9 Å². The van der Waals surface area contributed by atoms with Gasteiger partial charge in [-0.3, -0.25) is 4.79 Å². The maximum Gasteiger partial charge on any atom is 0.290 e. The van der Waals surface area contributed by atoms with Crippen LogP contribution >= 0.6 is 11.8 Å². The van der Waals surface area contributed by atoms with Crippen LogP contribution < -0.4 is 5.32 Å². The first kappa shape index (κ1) is 15.8. The third-order valence-corrected chi connectivity index (χ3v) is 3.18. The highest BCUT2D eigenvalue weighted by atomic mass is 32.2. The highest BCUT2D eigenvalue weighted by molar-refractivity contribution is 7.99. The first-order chi connectivity index (χ1) is 9.04. The van der Waals surface area contributed by atoms with Gasteiger partial charge in [-0.15, -0.1) is 0 Å². The summed E-state index contributed by atoms with van der Waals surface area (Å²) in [6, 6.07) is 2.97. The Morgan fingerprint density at radius 1 is 1.58 bits per heavy atom. The normalized spacial score (nSPS) is 12.5. The molecule has 1 atom stereocenters. The monoisotopic (exact) mass is 290 g/mol. The average molecular weight is 290 g/mol. The molecule has 106 valence electrons. The molecule has 2 N–H and O–H groups in total. The first-order valence-corrected chi connectivity index (χ1v) is 6.78. The smallest absolute Gasteiger partial charge is 0.290 e. The number of carbonyl (C=O) groups excluding carboxylic acids is 1. The van der Waals surface area contributed by atoms with Gasteiger partial charge in [-0.05, 0) is 36.7 Å². The molecule has 0 saturated carbocycles. The molecule has 0 bridgehead atoms. The predicted octanol–water partition coefficient (Wildman–Crippen LogP) is 2.29. The van der Waals surface area contributed by atoms with Gasteiger partial charge in [0.1, 0.15) is 5.03 Å². The first-order valence-electron chi connectivity index (χ1n) is 5.90. The summed E-state index contributed by atoms with van der Waals surface area (Å²) in [6.07, 6.45) is 1.93. The fourth-order valence-electron chi connectivity index (χ4n) is 1.39. The summed E-state index contributed by atoms with van der Waals surface area (Å²) in [6.45, 7) is 2.13. The second-order valence-electron chi connectivity index (χ2n) is 3.84. The molecule has 0 aromatic carbocycles. The number of carbonyl (C=O) groups is 1. The minimum Gasteiger partial charge on any atom is -0.393 e. The van der Waals surface area contributed by atoms with Gasteiger partial charge in [0.05, 0.1) is 11.7 Å². The zero-order valence-electron chi connectivity index (χ0n) is 10.5. The number of aromatic nitrogens is 1. The van der Waals surface area contributed by atoms with Gasteiger partial charge >= 0.3 is 0 Å². The molecular weight excluding hydrogens is 274 g/mol. The number of aliphatic hydroxyl groups is 1. The van der Waals surface area contributed by atoms with Crippen LogP contribution in [0.25, 0.3) is 0 Å². The van der Waals surface area contributed by atoms with Crippen LogP contribution in [0.4, 0.5) is 8.78 Å². The van der Waals surface area contributed by atoms with E-state index in [1.807, 2.05) is 6.92 Å². The number of thioether (sulfide) groups is 1. The van der Waals surface area contributed by atoms with Crippen molar-refractivity contribution in [2.75, 3.05) is 6.54 Å². The minimum absolute atomic E-state index is 0.00559. The van der Waals surface area contributed by atoms with Crippen molar-refractivity contribution in [3.63, 3.8) is 0 Å². The maximum atomic E-state index is 12.3. The average Bonchev–Trinajstić information content (AvgIpc) is 2.38. The van der Waals surface area contributed by atoms with Crippen LogP contribution in [0.3, 0.4) is 0 Å². The molecule has 1 unspecified atom stereocenters. The molecule has 0 aliphatic carbocycles. The Bertz CT molecular complexity index is 418. The number of rotatable bonds is 7. The Morgan fingerprint density at radius 3 is 2.95 bits per heavy atom. The van der Waals surface area contributed by atoms with Gasteiger partial charge in [0.15, 0.2) is 0 Å². The van der Waals surface area contributed by atoms with Crippen molar-refractivity contribution in [1.82, 2.24) is 10.3 Å². The van der Waals surface area contributed by atoms with E-state index in [1.165, 1.54) is 18.3 Å². The standard InChI is InChI=1S/C12H16F2N2O2S/c1-2-8(17)5-7-15-10(18)9-4-3-6-16-11(9)19-12(13)14/h3-4,6,8,12,17H,2,5,7H2,1H3,(H,15,18). The minimum atomic E-state index is -2.62. The molecule has 1 aromatic heterocycles. The van der Waals surface area contributed by atoms with Gasteiger partial charge < -0.3 is 10.4 Å². The molecule has 0 fully saturated rings. The highest BCUT2D eigenvalue weighted by Crippen LogP contribution is 2.26. The van der Waals surface area contributed by atoms with E-state index in [1.54, 1.807) is 0 Å². The van der Waals surface area contributed by atoms with Crippen LogP contribution in [0, 0.1) is 0 Å². The lowest BCUT2D eigenvalue weighted by Gasteiger charge is -2.10. The number of nitrogens with zero attached hydrogens (tertiary/aromatic N) is 1. The van der Waals surface area contributed by atoms with E-state index in [9.17, 15) is 18.7 Å². The molecule has 1 amide bonds. The number of hydrogen-bond donors (Lipinski definition) is 2. The van der Waals surface area contributed by atoms with Crippen LogP contribution in [0.1, 0.15) is 30.1 Å². The summed E-state index contributed by atoms with van der Waals surface area (Å²) in [5.41, 5.74) is 0.124. The quantitative estimate of drug-likeness (QED) is 0.756. The second-order valence-corrected chi connectivity index (χ2v) is 4.82. The maximum absolute atomic E-state index is 12.3. The highest BCUT2D eigenvalue weighted by Gasteiger charge is 2.16. The molecule has 0 saturated heterocycles. The van der Waals surface area contributed by atoms with E-state index in [-0.39, 0.29) is 22.4 Å². The number of halogens is 2. The van der Waals surface area contributed by atoms with Crippen molar-refractivity contribution >= 4 is 17.7 Å². The molecule has 0 radical (unpaired) electrons. The molecule has 19 heavy (non-hydrogen) atoms. The topological polar surface area (TPSA) is 62.2 Å². The van der Waals surface area contributed by atoms with E-state index >= 15 is 0 Å². The Morgan fingerprint density at radius 2 is 2.32 bits per heavy atom. The predicted molar refractivity (Wildman–Crippen MR) is 69.3 cm³/mol. The number of nitrogens with one attached hydrogen (secondary N) is 1. The van der Waals surface area contributed by atoms with Crippen LogP contribution in [0.2, 0.25) is 0 Å². The molecule has 0 spiro atoms. The van der Waals surface area contributed by atoms with Crippen LogP contribution in [-0.2, 0) is 0 Å². The number of alkyl halides is 2. The van der Waals surface area contributed by atoms with Crippen molar-refractivity contribution in [3.8, 4) is 0 Å². The molecule has 7 heteroatoms.